The summed E-state index contributed by atoms with van der Waals surface area (Å²) in [5.41, 5.74) is 0.762. The van der Waals surface area contributed by atoms with Gasteiger partial charge in [-0.05, 0) is 51.0 Å². The van der Waals surface area contributed by atoms with Crippen LogP contribution in [0.2, 0.25) is 0 Å². The molecule has 0 saturated carbocycles. The minimum Gasteiger partial charge on any atom is -0.508 e. The van der Waals surface area contributed by atoms with Crippen LogP contribution in [-0.2, 0) is 4.74 Å². The van der Waals surface area contributed by atoms with E-state index in [4.69, 9.17) is 4.74 Å². The first-order valence-corrected chi connectivity index (χ1v) is 8.00. The normalized spacial score (nSPS) is 13.1. The van der Waals surface area contributed by atoms with Crippen LogP contribution in [0.3, 0.4) is 0 Å². The Morgan fingerprint density at radius 1 is 1.04 bits per heavy atom. The fourth-order valence-electron chi connectivity index (χ4n) is 2.47. The summed E-state index contributed by atoms with van der Waals surface area (Å²) in [6.07, 6.45) is -0.349. The van der Waals surface area contributed by atoms with E-state index in [0.29, 0.717) is 5.56 Å². The number of benzene rings is 2. The van der Waals surface area contributed by atoms with E-state index in [9.17, 15) is 15.0 Å². The molecule has 0 bridgehead atoms. The number of carbonyl (C=O) groups is 1. The van der Waals surface area contributed by atoms with Gasteiger partial charge in [0, 0.05) is 5.56 Å². The molecule has 0 aliphatic carbocycles. The van der Waals surface area contributed by atoms with Crippen molar-refractivity contribution >= 4 is 5.78 Å². The number of hydrogen-bond acceptors (Lipinski definition) is 4. The van der Waals surface area contributed by atoms with Crippen molar-refractivity contribution in [2.24, 2.45) is 0 Å². The number of aromatic hydroxyl groups is 1. The van der Waals surface area contributed by atoms with E-state index in [2.05, 4.69) is 0 Å². The summed E-state index contributed by atoms with van der Waals surface area (Å²) >= 11 is 0. The first-order chi connectivity index (χ1) is 11.2. The number of phenolic OH excluding ortho intramolecular Hbond substituents is 1. The highest BCUT2D eigenvalue weighted by Crippen LogP contribution is 2.30. The molecule has 1 atom stereocenters. The zero-order valence-electron chi connectivity index (χ0n) is 14.5. The molecule has 0 aromatic heterocycles. The van der Waals surface area contributed by atoms with E-state index in [-0.39, 0.29) is 23.7 Å². The van der Waals surface area contributed by atoms with Gasteiger partial charge in [-0.1, -0.05) is 36.4 Å². The number of aliphatic hydroxyl groups is 1. The molecule has 1 unspecified atom stereocenters. The van der Waals surface area contributed by atoms with Gasteiger partial charge in [-0.3, -0.25) is 4.79 Å². The predicted molar refractivity (Wildman–Crippen MR) is 93.2 cm³/mol. The summed E-state index contributed by atoms with van der Waals surface area (Å²) in [5.74, 6) is -0.147. The molecule has 0 heterocycles. The quantitative estimate of drug-likeness (QED) is 0.790. The van der Waals surface area contributed by atoms with Crippen LogP contribution in [0.4, 0.5) is 0 Å². The Labute approximate surface area is 142 Å². The SMILES string of the molecule is CC(C)OC(c1ccc(C(=O)C(C)(C)O)cc1)c1cccc(O)c1. The molecule has 2 N–H and O–H groups in total. The number of rotatable bonds is 6. The lowest BCUT2D eigenvalue weighted by Crippen LogP contribution is -2.31. The first-order valence-electron chi connectivity index (χ1n) is 8.00. The molecule has 0 amide bonds. The van der Waals surface area contributed by atoms with Crippen LogP contribution >= 0.6 is 0 Å². The number of hydrogen-bond donors (Lipinski definition) is 2. The van der Waals surface area contributed by atoms with E-state index >= 15 is 0 Å². The van der Waals surface area contributed by atoms with Crippen LogP contribution in [-0.4, -0.2) is 27.7 Å². The third kappa shape index (κ3) is 4.43. The minimum atomic E-state index is -1.40. The van der Waals surface area contributed by atoms with Crippen molar-refractivity contribution in [1.29, 1.82) is 0 Å². The van der Waals surface area contributed by atoms with Crippen molar-refractivity contribution < 1.29 is 19.7 Å². The predicted octanol–water partition coefficient (Wildman–Crippen LogP) is 3.86. The molecular weight excluding hydrogens is 304 g/mol. The maximum atomic E-state index is 12.1. The van der Waals surface area contributed by atoms with Crippen LogP contribution in [0.1, 0.15) is 55.3 Å². The lowest BCUT2D eigenvalue weighted by molar-refractivity contribution is 0.0302. The number of carbonyl (C=O) groups excluding carboxylic acids is 1. The first kappa shape index (κ1) is 18.2. The lowest BCUT2D eigenvalue weighted by atomic mass is 9.94. The lowest BCUT2D eigenvalue weighted by Gasteiger charge is -2.22. The van der Waals surface area contributed by atoms with Gasteiger partial charge in [-0.15, -0.1) is 0 Å². The topological polar surface area (TPSA) is 66.8 Å². The van der Waals surface area contributed by atoms with Crippen molar-refractivity contribution in [3.8, 4) is 5.75 Å². The summed E-state index contributed by atoms with van der Waals surface area (Å²) in [6, 6.07) is 14.0. The average Bonchev–Trinajstić information content (AvgIpc) is 2.51. The van der Waals surface area contributed by atoms with Gasteiger partial charge in [0.1, 0.15) is 17.5 Å². The number of Topliss-reactive ketones (excluding diaryl/α,β-unsaturated/α-hetero) is 1. The molecule has 2 aromatic rings. The van der Waals surface area contributed by atoms with E-state index < -0.39 is 5.60 Å². The summed E-state index contributed by atoms with van der Waals surface area (Å²) in [6.45, 7) is 6.84. The Morgan fingerprint density at radius 3 is 2.17 bits per heavy atom. The summed E-state index contributed by atoms with van der Waals surface area (Å²) in [4.78, 5) is 12.1. The van der Waals surface area contributed by atoms with Crippen molar-refractivity contribution in [2.45, 2.75) is 45.5 Å². The van der Waals surface area contributed by atoms with E-state index in [0.717, 1.165) is 11.1 Å². The molecule has 4 nitrogen and oxygen atoms in total. The van der Waals surface area contributed by atoms with Gasteiger partial charge < -0.3 is 14.9 Å². The van der Waals surface area contributed by atoms with Crippen molar-refractivity contribution in [3.63, 3.8) is 0 Å². The summed E-state index contributed by atoms with van der Waals surface area (Å²) in [5, 5.41) is 19.6. The molecule has 0 aliphatic rings. The number of ketones is 1. The highest BCUT2D eigenvalue weighted by atomic mass is 16.5. The molecule has 24 heavy (non-hydrogen) atoms. The molecule has 2 rings (SSSR count). The summed E-state index contributed by atoms with van der Waals surface area (Å²) < 4.78 is 6.00. The highest BCUT2D eigenvalue weighted by molar-refractivity contribution is 6.01. The fraction of sp³-hybridized carbons (Fsp3) is 0.350. The van der Waals surface area contributed by atoms with Gasteiger partial charge in [-0.25, -0.2) is 0 Å². The Kier molecular flexibility index (Phi) is 5.42. The smallest absolute Gasteiger partial charge is 0.193 e. The van der Waals surface area contributed by atoms with E-state index in [1.54, 1.807) is 30.3 Å². The van der Waals surface area contributed by atoms with Crippen LogP contribution < -0.4 is 0 Å². The highest BCUT2D eigenvalue weighted by Gasteiger charge is 2.25. The molecule has 0 radical (unpaired) electrons. The molecule has 0 aliphatic heterocycles. The zero-order valence-corrected chi connectivity index (χ0v) is 14.5. The summed E-state index contributed by atoms with van der Waals surface area (Å²) in [7, 11) is 0. The molecule has 0 saturated heterocycles. The number of phenols is 1. The maximum absolute atomic E-state index is 12.1. The van der Waals surface area contributed by atoms with Crippen LogP contribution in [0, 0.1) is 0 Å². The second-order valence-corrected chi connectivity index (χ2v) is 6.67. The molecule has 128 valence electrons. The Morgan fingerprint density at radius 2 is 1.67 bits per heavy atom. The second-order valence-electron chi connectivity index (χ2n) is 6.67. The van der Waals surface area contributed by atoms with Gasteiger partial charge in [-0.2, -0.15) is 0 Å². The van der Waals surface area contributed by atoms with Gasteiger partial charge in [0.2, 0.25) is 0 Å². The van der Waals surface area contributed by atoms with Crippen LogP contribution in [0.15, 0.2) is 48.5 Å². The van der Waals surface area contributed by atoms with Crippen molar-refractivity contribution in [3.05, 3.63) is 65.2 Å². The monoisotopic (exact) mass is 328 g/mol. The largest absolute Gasteiger partial charge is 0.508 e. The zero-order chi connectivity index (χ0) is 17.9. The molecular formula is C20H24O4. The van der Waals surface area contributed by atoms with Gasteiger partial charge in [0.25, 0.3) is 0 Å². The molecule has 0 spiro atoms. The fourth-order valence-corrected chi connectivity index (χ4v) is 2.47. The molecule has 0 fully saturated rings. The molecule has 4 heteroatoms. The third-order valence-electron chi connectivity index (χ3n) is 3.61. The van der Waals surface area contributed by atoms with Crippen molar-refractivity contribution in [1.82, 2.24) is 0 Å². The third-order valence-corrected chi connectivity index (χ3v) is 3.61. The van der Waals surface area contributed by atoms with Gasteiger partial charge in [0.05, 0.1) is 6.10 Å². The van der Waals surface area contributed by atoms with Crippen molar-refractivity contribution in [2.75, 3.05) is 0 Å². The Balaban J connectivity index is 2.35. The second kappa shape index (κ2) is 7.16. The van der Waals surface area contributed by atoms with Gasteiger partial charge >= 0.3 is 0 Å². The maximum Gasteiger partial charge on any atom is 0.193 e. The Hall–Kier alpha value is -2.17. The minimum absolute atomic E-state index is 0.00460. The number of ether oxygens (including phenoxy) is 1. The Bertz CT molecular complexity index is 696. The van der Waals surface area contributed by atoms with Gasteiger partial charge in [0.15, 0.2) is 5.78 Å². The van der Waals surface area contributed by atoms with E-state index in [1.807, 2.05) is 32.0 Å². The van der Waals surface area contributed by atoms with E-state index in [1.165, 1.54) is 13.8 Å². The standard InChI is InChI=1S/C20H24O4/c1-13(2)24-18(16-6-5-7-17(21)12-16)14-8-10-15(11-9-14)19(22)20(3,4)23/h5-13,18,21,23H,1-4H3. The van der Waals surface area contributed by atoms with Crippen LogP contribution in [0.5, 0.6) is 5.75 Å². The van der Waals surface area contributed by atoms with Crippen LogP contribution in [0.25, 0.3) is 0 Å². The average molecular weight is 328 g/mol. The molecule has 2 aromatic carbocycles.